The van der Waals surface area contributed by atoms with E-state index in [1.807, 2.05) is 0 Å². The highest BCUT2D eigenvalue weighted by Crippen LogP contribution is 2.29. The van der Waals surface area contributed by atoms with Crippen molar-refractivity contribution in [2.45, 2.75) is 25.1 Å². The fourth-order valence-corrected chi connectivity index (χ4v) is 1.53. The van der Waals surface area contributed by atoms with Crippen LogP contribution >= 0.6 is 11.6 Å². The normalized spacial score (nSPS) is 13.9. The summed E-state index contributed by atoms with van der Waals surface area (Å²) in [6, 6.07) is 2.55. The summed E-state index contributed by atoms with van der Waals surface area (Å²) in [4.78, 5) is 0. The minimum Gasteiger partial charge on any atom is -0.324 e. The second kappa shape index (κ2) is 5.01. The summed E-state index contributed by atoms with van der Waals surface area (Å²) in [6.45, 7) is 0. The van der Waals surface area contributed by atoms with Crippen molar-refractivity contribution < 1.29 is 17.6 Å². The lowest BCUT2D eigenvalue weighted by Crippen LogP contribution is -2.16. The van der Waals surface area contributed by atoms with Crippen LogP contribution in [0.4, 0.5) is 17.6 Å². The molecule has 0 fully saturated rings. The summed E-state index contributed by atoms with van der Waals surface area (Å²) < 4.78 is 48.7. The molecule has 0 amide bonds. The highest BCUT2D eigenvalue weighted by Gasteiger charge is 2.28. The zero-order valence-electron chi connectivity index (χ0n) is 8.19. The molecule has 1 nitrogen and oxygen atoms in total. The van der Waals surface area contributed by atoms with Crippen LogP contribution < -0.4 is 5.73 Å². The zero-order valence-corrected chi connectivity index (χ0v) is 8.95. The molecule has 1 rings (SSSR count). The van der Waals surface area contributed by atoms with Crippen LogP contribution in [-0.2, 0) is 0 Å². The predicted octanol–water partition coefficient (Wildman–Crippen LogP) is 3.82. The molecule has 0 unspecified atom stereocenters. The molecule has 1 atom stereocenters. The van der Waals surface area contributed by atoms with Crippen LogP contribution in [-0.4, -0.2) is 6.18 Å². The Kier molecular flexibility index (Phi) is 4.15. The molecule has 0 spiro atoms. The van der Waals surface area contributed by atoms with Gasteiger partial charge in [-0.25, -0.2) is 4.39 Å². The molecular weight excluding hydrogens is 246 g/mol. The summed E-state index contributed by atoms with van der Waals surface area (Å²) in [5.41, 5.74) is 5.72. The quantitative estimate of drug-likeness (QED) is 0.817. The second-order valence-electron chi connectivity index (χ2n) is 3.43. The van der Waals surface area contributed by atoms with Gasteiger partial charge in [0.15, 0.2) is 0 Å². The van der Waals surface area contributed by atoms with Crippen molar-refractivity contribution in [2.75, 3.05) is 0 Å². The summed E-state index contributed by atoms with van der Waals surface area (Å²) in [5, 5.41) is 0.177. The lowest BCUT2D eigenvalue weighted by molar-refractivity contribution is -0.136. The van der Waals surface area contributed by atoms with Gasteiger partial charge in [-0.3, -0.25) is 0 Å². The number of nitrogens with two attached hydrogens (primary N) is 1. The number of hydrogen-bond acceptors (Lipinski definition) is 1. The maximum absolute atomic E-state index is 12.8. The molecule has 0 bridgehead atoms. The molecule has 0 aliphatic heterocycles. The van der Waals surface area contributed by atoms with E-state index in [4.69, 9.17) is 17.3 Å². The third kappa shape index (κ3) is 3.98. The van der Waals surface area contributed by atoms with Gasteiger partial charge in [-0.1, -0.05) is 11.6 Å². The molecule has 1 aromatic rings. The standard InChI is InChI=1S/C10H10ClF4N/c11-8-2-1-6(12)5-7(8)9(16)3-4-10(13,14)15/h1-2,5,9H,3-4,16H2/t9-/m0/s1. The van der Waals surface area contributed by atoms with E-state index in [1.165, 1.54) is 6.07 Å². The van der Waals surface area contributed by atoms with Gasteiger partial charge < -0.3 is 5.73 Å². The first-order valence-corrected chi connectivity index (χ1v) is 4.94. The topological polar surface area (TPSA) is 26.0 Å². The number of halogens is 5. The van der Waals surface area contributed by atoms with Crippen LogP contribution in [0, 0.1) is 5.82 Å². The van der Waals surface area contributed by atoms with Crippen molar-refractivity contribution in [3.8, 4) is 0 Å². The Bertz CT molecular complexity index is 364. The van der Waals surface area contributed by atoms with Crippen LogP contribution in [0.15, 0.2) is 18.2 Å². The van der Waals surface area contributed by atoms with Crippen molar-refractivity contribution in [1.82, 2.24) is 0 Å². The molecule has 0 saturated heterocycles. The SMILES string of the molecule is N[C@@H](CCC(F)(F)F)c1cc(F)ccc1Cl. The van der Waals surface area contributed by atoms with Crippen molar-refractivity contribution in [2.24, 2.45) is 5.73 Å². The predicted molar refractivity (Wildman–Crippen MR) is 53.6 cm³/mol. The smallest absolute Gasteiger partial charge is 0.324 e. The second-order valence-corrected chi connectivity index (χ2v) is 3.83. The third-order valence-electron chi connectivity index (χ3n) is 2.10. The molecule has 0 radical (unpaired) electrons. The average Bonchev–Trinajstić information content (AvgIpc) is 2.17. The van der Waals surface area contributed by atoms with Crippen molar-refractivity contribution in [3.05, 3.63) is 34.6 Å². The Morgan fingerprint density at radius 1 is 1.31 bits per heavy atom. The van der Waals surface area contributed by atoms with Gasteiger partial charge in [0.1, 0.15) is 5.82 Å². The largest absolute Gasteiger partial charge is 0.389 e. The maximum Gasteiger partial charge on any atom is 0.389 e. The van der Waals surface area contributed by atoms with Gasteiger partial charge in [0.25, 0.3) is 0 Å². The van der Waals surface area contributed by atoms with Gasteiger partial charge in [-0.2, -0.15) is 13.2 Å². The Labute approximate surface area is 95.2 Å². The van der Waals surface area contributed by atoms with E-state index in [-0.39, 0.29) is 17.0 Å². The number of hydrogen-bond donors (Lipinski definition) is 1. The molecule has 0 heterocycles. The first-order valence-electron chi connectivity index (χ1n) is 4.57. The Morgan fingerprint density at radius 2 is 1.94 bits per heavy atom. The summed E-state index contributed by atoms with van der Waals surface area (Å²) >= 11 is 5.71. The molecule has 0 aliphatic carbocycles. The molecular formula is C10H10ClF4N. The lowest BCUT2D eigenvalue weighted by atomic mass is 10.0. The van der Waals surface area contributed by atoms with Crippen LogP contribution in [0.2, 0.25) is 5.02 Å². The summed E-state index contributed by atoms with van der Waals surface area (Å²) in [7, 11) is 0. The number of benzene rings is 1. The van der Waals surface area contributed by atoms with Gasteiger partial charge >= 0.3 is 6.18 Å². The zero-order chi connectivity index (χ0) is 12.3. The van der Waals surface area contributed by atoms with E-state index >= 15 is 0 Å². The molecule has 16 heavy (non-hydrogen) atoms. The Hall–Kier alpha value is -0.810. The van der Waals surface area contributed by atoms with Gasteiger partial charge in [-0.15, -0.1) is 0 Å². The molecule has 90 valence electrons. The highest BCUT2D eigenvalue weighted by atomic mass is 35.5. The fraction of sp³-hybridized carbons (Fsp3) is 0.400. The highest BCUT2D eigenvalue weighted by molar-refractivity contribution is 6.31. The van der Waals surface area contributed by atoms with E-state index in [9.17, 15) is 17.6 Å². The number of alkyl halides is 3. The van der Waals surface area contributed by atoms with E-state index in [2.05, 4.69) is 0 Å². The van der Waals surface area contributed by atoms with E-state index in [0.29, 0.717) is 0 Å². The molecule has 6 heteroatoms. The first-order chi connectivity index (χ1) is 7.29. The summed E-state index contributed by atoms with van der Waals surface area (Å²) in [6.07, 6.45) is -5.59. The van der Waals surface area contributed by atoms with Crippen LogP contribution in [0.5, 0.6) is 0 Å². The summed E-state index contributed by atoms with van der Waals surface area (Å²) in [5.74, 6) is -0.568. The fourth-order valence-electron chi connectivity index (χ4n) is 1.27. The monoisotopic (exact) mass is 255 g/mol. The van der Waals surface area contributed by atoms with Crippen molar-refractivity contribution >= 4 is 11.6 Å². The first kappa shape index (κ1) is 13.3. The average molecular weight is 256 g/mol. The minimum atomic E-state index is -4.27. The molecule has 2 N–H and O–H groups in total. The van der Waals surface area contributed by atoms with Gasteiger partial charge in [0.05, 0.1) is 0 Å². The molecule has 1 aromatic carbocycles. The molecule has 0 aliphatic rings. The van der Waals surface area contributed by atoms with Crippen molar-refractivity contribution in [1.29, 1.82) is 0 Å². The molecule has 0 aromatic heterocycles. The Balaban J connectivity index is 2.73. The van der Waals surface area contributed by atoms with Crippen LogP contribution in [0.25, 0.3) is 0 Å². The van der Waals surface area contributed by atoms with E-state index in [1.54, 1.807) is 0 Å². The number of rotatable bonds is 3. The van der Waals surface area contributed by atoms with Gasteiger partial charge in [0.2, 0.25) is 0 Å². The third-order valence-corrected chi connectivity index (χ3v) is 2.44. The maximum atomic E-state index is 12.8. The molecule has 0 saturated carbocycles. The van der Waals surface area contributed by atoms with Crippen LogP contribution in [0.3, 0.4) is 0 Å². The van der Waals surface area contributed by atoms with Gasteiger partial charge in [-0.05, 0) is 30.2 Å². The lowest BCUT2D eigenvalue weighted by Gasteiger charge is -2.14. The van der Waals surface area contributed by atoms with E-state index in [0.717, 1.165) is 12.1 Å². The van der Waals surface area contributed by atoms with Crippen molar-refractivity contribution in [3.63, 3.8) is 0 Å². The van der Waals surface area contributed by atoms with Gasteiger partial charge in [0, 0.05) is 17.5 Å². The van der Waals surface area contributed by atoms with E-state index < -0.39 is 24.5 Å². The van der Waals surface area contributed by atoms with Crippen LogP contribution in [0.1, 0.15) is 24.4 Å². The minimum absolute atomic E-state index is 0.177. The Morgan fingerprint density at radius 3 is 2.50 bits per heavy atom.